The number of nitrogens with one attached hydrogen (secondary N) is 1. The lowest BCUT2D eigenvalue weighted by Crippen LogP contribution is -2.25. The third-order valence-corrected chi connectivity index (χ3v) is 4.54. The Kier molecular flexibility index (Phi) is 8.29. The van der Waals surface area contributed by atoms with Gasteiger partial charge >= 0.3 is 0 Å². The average Bonchev–Trinajstić information content (AvgIpc) is 2.54. The first kappa shape index (κ1) is 20.5. The number of nitrogens with zero attached hydrogens (tertiary/aromatic N) is 1. The van der Waals surface area contributed by atoms with E-state index < -0.39 is 0 Å². The quantitative estimate of drug-likeness (QED) is 0.596. The number of carbonyl (C=O) groups excluding carboxylic acids is 1. The Morgan fingerprint density at radius 3 is 2.42 bits per heavy atom. The van der Waals surface area contributed by atoms with Crippen LogP contribution in [0.1, 0.15) is 43.1 Å². The Labute approximate surface area is 155 Å². The van der Waals surface area contributed by atoms with E-state index in [9.17, 15) is 4.79 Å². The third kappa shape index (κ3) is 6.54. The maximum Gasteiger partial charge on any atom is 0.251 e. The first-order valence-corrected chi connectivity index (χ1v) is 8.88. The van der Waals surface area contributed by atoms with E-state index in [1.54, 1.807) is 18.0 Å². The summed E-state index contributed by atoms with van der Waals surface area (Å²) in [6.07, 6.45) is 2.72. The van der Waals surface area contributed by atoms with Crippen molar-refractivity contribution in [2.24, 2.45) is 0 Å². The minimum atomic E-state index is -0.00621. The summed E-state index contributed by atoms with van der Waals surface area (Å²) in [6, 6.07) is 13.8. The summed E-state index contributed by atoms with van der Waals surface area (Å²) < 4.78 is 0. The second-order valence-electron chi connectivity index (χ2n) is 6.45. The number of thioether (sulfide) groups is 1. The Morgan fingerprint density at radius 1 is 1.12 bits per heavy atom. The zero-order valence-electron chi connectivity index (χ0n) is 14.4. The summed E-state index contributed by atoms with van der Waals surface area (Å²) in [7, 11) is 0. The summed E-state index contributed by atoms with van der Waals surface area (Å²) in [5, 5.41) is 4.00. The van der Waals surface area contributed by atoms with Gasteiger partial charge in [0.2, 0.25) is 0 Å². The van der Waals surface area contributed by atoms with Gasteiger partial charge in [-0.3, -0.25) is 4.79 Å². The molecule has 2 rings (SSSR count). The van der Waals surface area contributed by atoms with Gasteiger partial charge in [0.15, 0.2) is 0 Å². The standard InChI is InChI=1S/C19H24N2OS.ClH/c1-19(2,3)16-10-8-15(9-11-16)18(22)21-13-6-14-23-17-7-4-5-12-20-17;/h4-5,7-12H,6,13-14H2,1-3H3,(H,21,22);1H. The molecule has 2 aromatic rings. The normalized spacial score (nSPS) is 10.8. The molecule has 1 N–H and O–H groups in total. The van der Waals surface area contributed by atoms with Crippen LogP contribution in [0.5, 0.6) is 0 Å². The first-order chi connectivity index (χ1) is 11.0. The molecule has 0 aliphatic heterocycles. The molecule has 1 heterocycles. The number of amides is 1. The Morgan fingerprint density at radius 2 is 1.83 bits per heavy atom. The van der Waals surface area contributed by atoms with Crippen LogP contribution in [0.4, 0.5) is 0 Å². The van der Waals surface area contributed by atoms with Crippen LogP contribution in [0.2, 0.25) is 0 Å². The molecule has 1 aromatic carbocycles. The number of rotatable bonds is 6. The molecule has 0 aliphatic carbocycles. The minimum Gasteiger partial charge on any atom is -0.352 e. The van der Waals surface area contributed by atoms with Crippen molar-refractivity contribution >= 4 is 30.1 Å². The maximum atomic E-state index is 12.1. The van der Waals surface area contributed by atoms with Gasteiger partial charge in [-0.1, -0.05) is 39.0 Å². The maximum absolute atomic E-state index is 12.1. The highest BCUT2D eigenvalue weighted by Crippen LogP contribution is 2.22. The zero-order valence-corrected chi connectivity index (χ0v) is 16.0. The lowest BCUT2D eigenvalue weighted by molar-refractivity contribution is 0.0953. The smallest absolute Gasteiger partial charge is 0.251 e. The number of carbonyl (C=O) groups is 1. The molecule has 130 valence electrons. The topological polar surface area (TPSA) is 42.0 Å². The molecule has 0 atom stereocenters. The molecule has 0 saturated carbocycles. The largest absolute Gasteiger partial charge is 0.352 e. The molecule has 0 spiro atoms. The first-order valence-electron chi connectivity index (χ1n) is 7.89. The van der Waals surface area contributed by atoms with Gasteiger partial charge in [-0.25, -0.2) is 4.98 Å². The van der Waals surface area contributed by atoms with E-state index in [1.807, 2.05) is 42.5 Å². The molecule has 5 heteroatoms. The number of aromatic nitrogens is 1. The minimum absolute atomic E-state index is 0. The molecule has 0 saturated heterocycles. The highest BCUT2D eigenvalue weighted by Gasteiger charge is 2.14. The molecule has 24 heavy (non-hydrogen) atoms. The summed E-state index contributed by atoms with van der Waals surface area (Å²) >= 11 is 1.71. The van der Waals surface area contributed by atoms with Crippen molar-refractivity contribution in [1.29, 1.82) is 0 Å². The number of pyridine rings is 1. The van der Waals surface area contributed by atoms with Gasteiger partial charge in [0, 0.05) is 24.1 Å². The van der Waals surface area contributed by atoms with Gasteiger partial charge in [-0.2, -0.15) is 0 Å². The molecule has 3 nitrogen and oxygen atoms in total. The van der Waals surface area contributed by atoms with Crippen LogP contribution in [-0.2, 0) is 5.41 Å². The van der Waals surface area contributed by atoms with E-state index in [0.717, 1.165) is 22.8 Å². The summed E-state index contributed by atoms with van der Waals surface area (Å²) in [6.45, 7) is 7.18. The van der Waals surface area contributed by atoms with Crippen LogP contribution in [-0.4, -0.2) is 23.2 Å². The predicted octanol–water partition coefficient (Wildman–Crippen LogP) is 4.71. The highest BCUT2D eigenvalue weighted by atomic mass is 35.5. The van der Waals surface area contributed by atoms with Crippen LogP contribution in [0.3, 0.4) is 0 Å². The Balaban J connectivity index is 0.00000288. The molecular formula is C19H25ClN2OS. The SMILES string of the molecule is CC(C)(C)c1ccc(C(=O)NCCCSc2ccccn2)cc1.Cl. The lowest BCUT2D eigenvalue weighted by Gasteiger charge is -2.19. The fraction of sp³-hybridized carbons (Fsp3) is 0.368. The van der Waals surface area contributed by atoms with E-state index in [2.05, 4.69) is 31.1 Å². The van der Waals surface area contributed by atoms with Crippen LogP contribution >= 0.6 is 24.2 Å². The van der Waals surface area contributed by atoms with E-state index in [0.29, 0.717) is 6.54 Å². The van der Waals surface area contributed by atoms with Crippen molar-refractivity contribution in [1.82, 2.24) is 10.3 Å². The van der Waals surface area contributed by atoms with Gasteiger partial charge in [0.25, 0.3) is 5.91 Å². The zero-order chi connectivity index (χ0) is 16.7. The molecule has 1 amide bonds. The van der Waals surface area contributed by atoms with Gasteiger partial charge in [0.05, 0.1) is 5.03 Å². The van der Waals surface area contributed by atoms with Gasteiger partial charge in [-0.05, 0) is 41.7 Å². The van der Waals surface area contributed by atoms with E-state index in [-0.39, 0.29) is 23.7 Å². The van der Waals surface area contributed by atoms with Crippen molar-refractivity contribution in [2.75, 3.05) is 12.3 Å². The number of hydrogen-bond donors (Lipinski definition) is 1. The Hall–Kier alpha value is -1.52. The Bertz CT molecular complexity index is 624. The number of halogens is 1. The number of hydrogen-bond acceptors (Lipinski definition) is 3. The fourth-order valence-corrected chi connectivity index (χ4v) is 2.91. The molecule has 0 radical (unpaired) electrons. The van der Waals surface area contributed by atoms with Crippen LogP contribution < -0.4 is 5.32 Å². The summed E-state index contributed by atoms with van der Waals surface area (Å²) in [4.78, 5) is 16.4. The molecular weight excluding hydrogens is 340 g/mol. The second-order valence-corrected chi connectivity index (χ2v) is 7.57. The van der Waals surface area contributed by atoms with Crippen LogP contribution in [0, 0.1) is 0 Å². The molecule has 0 aliphatic rings. The van der Waals surface area contributed by atoms with Crippen molar-refractivity contribution in [3.63, 3.8) is 0 Å². The highest BCUT2D eigenvalue weighted by molar-refractivity contribution is 7.99. The van der Waals surface area contributed by atoms with Crippen molar-refractivity contribution in [3.05, 3.63) is 59.8 Å². The van der Waals surface area contributed by atoms with E-state index in [4.69, 9.17) is 0 Å². The molecule has 0 fully saturated rings. The van der Waals surface area contributed by atoms with E-state index >= 15 is 0 Å². The molecule has 0 unspecified atom stereocenters. The van der Waals surface area contributed by atoms with Gasteiger partial charge in [-0.15, -0.1) is 24.2 Å². The summed E-state index contributed by atoms with van der Waals surface area (Å²) in [5.74, 6) is 0.938. The predicted molar refractivity (Wildman–Crippen MR) is 104 cm³/mol. The number of benzene rings is 1. The second kappa shape index (κ2) is 9.70. The monoisotopic (exact) mass is 364 g/mol. The van der Waals surface area contributed by atoms with Crippen molar-refractivity contribution in [3.8, 4) is 0 Å². The van der Waals surface area contributed by atoms with Crippen molar-refractivity contribution in [2.45, 2.75) is 37.6 Å². The molecule has 0 bridgehead atoms. The van der Waals surface area contributed by atoms with Crippen molar-refractivity contribution < 1.29 is 4.79 Å². The van der Waals surface area contributed by atoms with Gasteiger partial charge < -0.3 is 5.32 Å². The van der Waals surface area contributed by atoms with Crippen LogP contribution in [0.25, 0.3) is 0 Å². The third-order valence-electron chi connectivity index (χ3n) is 3.51. The van der Waals surface area contributed by atoms with Crippen LogP contribution in [0.15, 0.2) is 53.7 Å². The lowest BCUT2D eigenvalue weighted by atomic mass is 9.87. The fourth-order valence-electron chi connectivity index (χ4n) is 2.11. The molecule has 1 aromatic heterocycles. The van der Waals surface area contributed by atoms with E-state index in [1.165, 1.54) is 5.56 Å². The summed E-state index contributed by atoms with van der Waals surface area (Å²) in [5.41, 5.74) is 2.06. The average molecular weight is 365 g/mol. The van der Waals surface area contributed by atoms with Gasteiger partial charge in [0.1, 0.15) is 0 Å².